The zero-order chi connectivity index (χ0) is 18.5. The summed E-state index contributed by atoms with van der Waals surface area (Å²) in [6.45, 7) is 3.02. The molecule has 1 aliphatic heterocycles. The standard InChI is InChI=1S/C21H24N2O3/c1-16(21(25)22(2)15-17-8-4-3-5-9-17)26-19-11-6-10-18(14-19)23-13-7-12-20(23)24/h3-6,8-11,14,16H,7,12-13,15H2,1-2H3/t16-/m1/s1. The molecule has 136 valence electrons. The first-order chi connectivity index (χ1) is 12.5. The van der Waals surface area contributed by atoms with Gasteiger partial charge in [-0.15, -0.1) is 0 Å². The third-order valence-electron chi connectivity index (χ3n) is 4.50. The number of carbonyl (C=O) groups is 2. The summed E-state index contributed by atoms with van der Waals surface area (Å²) in [6, 6.07) is 17.2. The van der Waals surface area contributed by atoms with Crippen LogP contribution in [-0.2, 0) is 16.1 Å². The Morgan fingerprint density at radius 1 is 1.19 bits per heavy atom. The topological polar surface area (TPSA) is 49.9 Å². The Labute approximate surface area is 154 Å². The second-order valence-corrected chi connectivity index (χ2v) is 6.59. The third-order valence-corrected chi connectivity index (χ3v) is 4.50. The minimum absolute atomic E-state index is 0.0866. The van der Waals surface area contributed by atoms with Gasteiger partial charge in [-0.2, -0.15) is 0 Å². The highest BCUT2D eigenvalue weighted by atomic mass is 16.5. The number of rotatable bonds is 6. The first-order valence-electron chi connectivity index (χ1n) is 8.90. The lowest BCUT2D eigenvalue weighted by molar-refractivity contribution is -0.137. The van der Waals surface area contributed by atoms with E-state index in [0.717, 1.165) is 24.2 Å². The van der Waals surface area contributed by atoms with Crippen LogP contribution >= 0.6 is 0 Å². The Morgan fingerprint density at radius 3 is 2.65 bits per heavy atom. The van der Waals surface area contributed by atoms with E-state index < -0.39 is 6.10 Å². The van der Waals surface area contributed by atoms with Crippen molar-refractivity contribution >= 4 is 17.5 Å². The molecule has 1 aliphatic rings. The fraction of sp³-hybridized carbons (Fsp3) is 0.333. The van der Waals surface area contributed by atoms with Crippen molar-refractivity contribution < 1.29 is 14.3 Å². The van der Waals surface area contributed by atoms with E-state index in [4.69, 9.17) is 4.74 Å². The van der Waals surface area contributed by atoms with Crippen LogP contribution in [0.4, 0.5) is 5.69 Å². The maximum atomic E-state index is 12.6. The Morgan fingerprint density at radius 2 is 1.96 bits per heavy atom. The van der Waals surface area contributed by atoms with Gasteiger partial charge in [-0.1, -0.05) is 36.4 Å². The number of anilines is 1. The van der Waals surface area contributed by atoms with Crippen molar-refractivity contribution in [3.8, 4) is 5.75 Å². The molecule has 2 aromatic rings. The van der Waals surface area contributed by atoms with Crippen LogP contribution in [0.1, 0.15) is 25.3 Å². The molecule has 0 N–H and O–H groups in total. The average molecular weight is 352 g/mol. The summed E-state index contributed by atoms with van der Waals surface area (Å²) in [5, 5.41) is 0. The lowest BCUT2D eigenvalue weighted by atomic mass is 10.2. The van der Waals surface area contributed by atoms with Crippen LogP contribution < -0.4 is 9.64 Å². The van der Waals surface area contributed by atoms with Crippen molar-refractivity contribution in [2.24, 2.45) is 0 Å². The Balaban J connectivity index is 1.62. The van der Waals surface area contributed by atoms with E-state index in [1.807, 2.05) is 54.6 Å². The largest absolute Gasteiger partial charge is 0.481 e. The lowest BCUT2D eigenvalue weighted by Gasteiger charge is -2.23. The van der Waals surface area contributed by atoms with Gasteiger partial charge in [-0.25, -0.2) is 0 Å². The molecular weight excluding hydrogens is 328 g/mol. The van der Waals surface area contributed by atoms with Gasteiger partial charge in [0.05, 0.1) is 0 Å². The van der Waals surface area contributed by atoms with Crippen LogP contribution in [0.25, 0.3) is 0 Å². The predicted molar refractivity (Wildman–Crippen MR) is 101 cm³/mol. The molecule has 2 amide bonds. The van der Waals surface area contributed by atoms with Gasteiger partial charge in [0.2, 0.25) is 5.91 Å². The molecule has 1 fully saturated rings. The molecule has 0 aliphatic carbocycles. The molecule has 5 heteroatoms. The molecule has 0 saturated carbocycles. The highest BCUT2D eigenvalue weighted by Gasteiger charge is 2.23. The van der Waals surface area contributed by atoms with Crippen LogP contribution in [0.5, 0.6) is 5.75 Å². The van der Waals surface area contributed by atoms with Gasteiger partial charge in [-0.05, 0) is 31.0 Å². The number of nitrogens with zero attached hydrogens (tertiary/aromatic N) is 2. The highest BCUT2D eigenvalue weighted by molar-refractivity contribution is 5.95. The van der Waals surface area contributed by atoms with Gasteiger partial charge in [0.15, 0.2) is 6.10 Å². The molecular formula is C21H24N2O3. The van der Waals surface area contributed by atoms with Crippen LogP contribution in [0.15, 0.2) is 54.6 Å². The lowest BCUT2D eigenvalue weighted by Crippen LogP contribution is -2.37. The minimum Gasteiger partial charge on any atom is -0.481 e. The molecule has 0 radical (unpaired) electrons. The summed E-state index contributed by atoms with van der Waals surface area (Å²) >= 11 is 0. The van der Waals surface area contributed by atoms with E-state index in [1.54, 1.807) is 23.8 Å². The number of likely N-dealkylation sites (N-methyl/N-ethyl adjacent to an activating group) is 1. The zero-order valence-corrected chi connectivity index (χ0v) is 15.2. The maximum absolute atomic E-state index is 12.6. The van der Waals surface area contributed by atoms with Gasteiger partial charge in [0.25, 0.3) is 5.91 Å². The summed E-state index contributed by atoms with van der Waals surface area (Å²) in [4.78, 5) is 27.9. The number of ether oxygens (including phenoxy) is 1. The highest BCUT2D eigenvalue weighted by Crippen LogP contribution is 2.26. The molecule has 1 saturated heterocycles. The summed E-state index contributed by atoms with van der Waals surface area (Å²) in [7, 11) is 1.77. The molecule has 0 aromatic heterocycles. The Hall–Kier alpha value is -2.82. The van der Waals surface area contributed by atoms with Crippen molar-refractivity contribution in [3.63, 3.8) is 0 Å². The van der Waals surface area contributed by atoms with Crippen LogP contribution in [-0.4, -0.2) is 36.4 Å². The zero-order valence-electron chi connectivity index (χ0n) is 15.2. The molecule has 26 heavy (non-hydrogen) atoms. The monoisotopic (exact) mass is 352 g/mol. The van der Waals surface area contributed by atoms with Crippen LogP contribution in [0.2, 0.25) is 0 Å². The summed E-state index contributed by atoms with van der Waals surface area (Å²) < 4.78 is 5.84. The quantitative estimate of drug-likeness (QED) is 0.802. The van der Waals surface area contributed by atoms with Crippen molar-refractivity contribution in [1.29, 1.82) is 0 Å². The summed E-state index contributed by atoms with van der Waals surface area (Å²) in [5.41, 5.74) is 1.90. The van der Waals surface area contributed by atoms with E-state index in [9.17, 15) is 9.59 Å². The SMILES string of the molecule is C[C@@H](Oc1cccc(N2CCCC2=O)c1)C(=O)N(C)Cc1ccccc1. The number of benzene rings is 2. The predicted octanol–water partition coefficient (Wildman–Crippen LogP) is 3.24. The van der Waals surface area contributed by atoms with Crippen molar-refractivity contribution in [3.05, 3.63) is 60.2 Å². The number of amides is 2. The van der Waals surface area contributed by atoms with E-state index >= 15 is 0 Å². The van der Waals surface area contributed by atoms with E-state index in [1.165, 1.54) is 0 Å². The fourth-order valence-corrected chi connectivity index (χ4v) is 3.15. The van der Waals surface area contributed by atoms with E-state index in [0.29, 0.717) is 18.7 Å². The van der Waals surface area contributed by atoms with Crippen LogP contribution in [0, 0.1) is 0 Å². The van der Waals surface area contributed by atoms with Gasteiger partial charge in [0.1, 0.15) is 5.75 Å². The smallest absolute Gasteiger partial charge is 0.263 e. The van der Waals surface area contributed by atoms with Gasteiger partial charge < -0.3 is 14.5 Å². The normalized spacial score (nSPS) is 15.0. The maximum Gasteiger partial charge on any atom is 0.263 e. The first kappa shape index (κ1) is 18.0. The Bertz CT molecular complexity index is 776. The molecule has 1 heterocycles. The number of hydrogen-bond acceptors (Lipinski definition) is 3. The fourth-order valence-electron chi connectivity index (χ4n) is 3.15. The molecule has 3 rings (SSSR count). The molecule has 0 spiro atoms. The summed E-state index contributed by atoms with van der Waals surface area (Å²) in [5.74, 6) is 0.640. The second-order valence-electron chi connectivity index (χ2n) is 6.59. The van der Waals surface area contributed by atoms with Gasteiger partial charge >= 0.3 is 0 Å². The Kier molecular flexibility index (Phi) is 5.56. The number of carbonyl (C=O) groups excluding carboxylic acids is 2. The number of hydrogen-bond donors (Lipinski definition) is 0. The first-order valence-corrected chi connectivity index (χ1v) is 8.90. The van der Waals surface area contributed by atoms with Crippen molar-refractivity contribution in [2.45, 2.75) is 32.4 Å². The molecule has 0 bridgehead atoms. The summed E-state index contributed by atoms with van der Waals surface area (Å²) in [6.07, 6.45) is 0.862. The molecule has 1 atom stereocenters. The van der Waals surface area contributed by atoms with E-state index in [-0.39, 0.29) is 11.8 Å². The van der Waals surface area contributed by atoms with Crippen molar-refractivity contribution in [2.75, 3.05) is 18.5 Å². The van der Waals surface area contributed by atoms with Gasteiger partial charge in [-0.3, -0.25) is 9.59 Å². The average Bonchev–Trinajstić information content (AvgIpc) is 3.08. The minimum atomic E-state index is -0.603. The third kappa shape index (κ3) is 4.23. The molecule has 5 nitrogen and oxygen atoms in total. The second kappa shape index (κ2) is 8.04. The van der Waals surface area contributed by atoms with Gasteiger partial charge in [0, 0.05) is 38.3 Å². The van der Waals surface area contributed by atoms with Crippen molar-refractivity contribution in [1.82, 2.24) is 4.90 Å². The molecule has 0 unspecified atom stereocenters. The van der Waals surface area contributed by atoms with Crippen LogP contribution in [0.3, 0.4) is 0 Å². The molecule has 2 aromatic carbocycles. The van der Waals surface area contributed by atoms with E-state index in [2.05, 4.69) is 0 Å².